The van der Waals surface area contributed by atoms with Crippen molar-refractivity contribution < 1.29 is 0 Å². The predicted octanol–water partition coefficient (Wildman–Crippen LogP) is 3.08. The highest BCUT2D eigenvalue weighted by Crippen LogP contribution is 2.25. The molecule has 1 unspecified atom stereocenters. The molecule has 0 fully saturated rings. The van der Waals surface area contributed by atoms with E-state index in [-0.39, 0.29) is 0 Å². The summed E-state index contributed by atoms with van der Waals surface area (Å²) in [5.41, 5.74) is 2.73. The minimum absolute atomic E-state index is 0.565. The van der Waals surface area contributed by atoms with Crippen molar-refractivity contribution in [1.82, 2.24) is 0 Å². The molecule has 1 rings (SSSR count). The molecule has 0 N–H and O–H groups in total. The molecule has 1 aliphatic rings. The quantitative estimate of drug-likeness (QED) is 0.517. The first-order valence-electron chi connectivity index (χ1n) is 3.81. The monoisotopic (exact) mass is 134 g/mol. The van der Waals surface area contributed by atoms with E-state index in [1.165, 1.54) is 11.1 Å². The van der Waals surface area contributed by atoms with Crippen LogP contribution in [0.25, 0.3) is 0 Å². The Morgan fingerprint density at radius 2 is 2.30 bits per heavy atom. The van der Waals surface area contributed by atoms with Crippen LogP contribution in [0.1, 0.15) is 20.3 Å². The van der Waals surface area contributed by atoms with Gasteiger partial charge < -0.3 is 0 Å². The summed E-state index contributed by atoms with van der Waals surface area (Å²) >= 11 is 0. The molecule has 1 aliphatic carbocycles. The number of hydrogen-bond acceptors (Lipinski definition) is 0. The predicted molar refractivity (Wildman–Crippen MR) is 45.8 cm³/mol. The third-order valence-corrected chi connectivity index (χ3v) is 2.14. The summed E-state index contributed by atoms with van der Waals surface area (Å²) in [5, 5.41) is 0. The van der Waals surface area contributed by atoms with Crippen molar-refractivity contribution in [3.05, 3.63) is 36.0 Å². The van der Waals surface area contributed by atoms with Gasteiger partial charge in [-0.15, -0.1) is 0 Å². The van der Waals surface area contributed by atoms with Crippen LogP contribution in [0.4, 0.5) is 0 Å². The average Bonchev–Trinajstić information content (AvgIpc) is 1.95. The van der Waals surface area contributed by atoms with Crippen LogP contribution in [-0.4, -0.2) is 0 Å². The third-order valence-electron chi connectivity index (χ3n) is 2.14. The fourth-order valence-corrected chi connectivity index (χ4v) is 1.25. The molecule has 0 saturated heterocycles. The van der Waals surface area contributed by atoms with Crippen molar-refractivity contribution in [3.63, 3.8) is 0 Å². The van der Waals surface area contributed by atoms with E-state index in [9.17, 15) is 0 Å². The molecule has 10 heavy (non-hydrogen) atoms. The Bertz CT molecular complexity index is 194. The Labute approximate surface area is 62.9 Å². The zero-order valence-electron chi connectivity index (χ0n) is 6.72. The molecule has 54 valence electrons. The molecule has 0 heterocycles. The van der Waals surface area contributed by atoms with E-state index in [2.05, 4.69) is 38.7 Å². The van der Waals surface area contributed by atoms with Gasteiger partial charge in [0.25, 0.3) is 0 Å². The van der Waals surface area contributed by atoms with Gasteiger partial charge >= 0.3 is 0 Å². The summed E-state index contributed by atoms with van der Waals surface area (Å²) in [6.45, 7) is 8.36. The zero-order chi connectivity index (χ0) is 7.56. The van der Waals surface area contributed by atoms with Crippen LogP contribution in [0, 0.1) is 5.92 Å². The molecule has 0 bridgehead atoms. The molecule has 0 amide bonds. The molecular weight excluding hydrogens is 120 g/mol. The van der Waals surface area contributed by atoms with Crippen molar-refractivity contribution in [3.8, 4) is 0 Å². The van der Waals surface area contributed by atoms with Crippen LogP contribution in [0.2, 0.25) is 0 Å². The topological polar surface area (TPSA) is 0 Å². The Morgan fingerprint density at radius 3 is 2.80 bits per heavy atom. The second kappa shape index (κ2) is 2.87. The van der Waals surface area contributed by atoms with Gasteiger partial charge in [0, 0.05) is 5.92 Å². The van der Waals surface area contributed by atoms with Gasteiger partial charge in [0.05, 0.1) is 0 Å². The first-order valence-corrected chi connectivity index (χ1v) is 3.81. The fraction of sp³-hybridized carbons (Fsp3) is 0.400. The maximum absolute atomic E-state index is 3.97. The molecule has 0 aromatic rings. The second-order valence-corrected chi connectivity index (χ2v) is 2.75. The van der Waals surface area contributed by atoms with Gasteiger partial charge in [0.2, 0.25) is 0 Å². The van der Waals surface area contributed by atoms with Crippen molar-refractivity contribution in [2.45, 2.75) is 20.3 Å². The molecule has 0 radical (unpaired) electrons. The van der Waals surface area contributed by atoms with Crippen LogP contribution in [-0.2, 0) is 0 Å². The maximum atomic E-state index is 3.97. The molecule has 0 nitrogen and oxygen atoms in total. The van der Waals surface area contributed by atoms with Crippen molar-refractivity contribution >= 4 is 0 Å². The smallest absolute Gasteiger partial charge is 0.00169 e. The minimum Gasteiger partial charge on any atom is -0.0952 e. The lowest BCUT2D eigenvalue weighted by Crippen LogP contribution is -2.02. The van der Waals surface area contributed by atoms with Gasteiger partial charge in [0.15, 0.2) is 0 Å². The van der Waals surface area contributed by atoms with Gasteiger partial charge in [-0.3, -0.25) is 0 Å². The van der Waals surface area contributed by atoms with E-state index in [4.69, 9.17) is 0 Å². The van der Waals surface area contributed by atoms with Crippen LogP contribution in [0.15, 0.2) is 36.0 Å². The van der Waals surface area contributed by atoms with Gasteiger partial charge in [-0.25, -0.2) is 0 Å². The Hall–Kier alpha value is -0.780. The van der Waals surface area contributed by atoms with Gasteiger partial charge in [0.1, 0.15) is 0 Å². The number of allylic oxidation sites excluding steroid dienone is 5. The van der Waals surface area contributed by atoms with Crippen molar-refractivity contribution in [1.29, 1.82) is 0 Å². The maximum Gasteiger partial charge on any atom is 0.00169 e. The summed E-state index contributed by atoms with van der Waals surface area (Å²) < 4.78 is 0. The van der Waals surface area contributed by atoms with E-state index in [0.717, 1.165) is 6.42 Å². The highest BCUT2D eigenvalue weighted by molar-refractivity contribution is 5.35. The standard InChI is InChI=1S/C10H14/c1-4-10-7-5-6-8(2)9(10)3/h5-7,9H,2,4H2,1,3H3. The van der Waals surface area contributed by atoms with Crippen molar-refractivity contribution in [2.24, 2.45) is 5.92 Å². The molecule has 0 aliphatic heterocycles. The summed E-state index contributed by atoms with van der Waals surface area (Å²) in [5.74, 6) is 0.565. The number of rotatable bonds is 1. The van der Waals surface area contributed by atoms with Gasteiger partial charge in [-0.05, 0) is 12.0 Å². The van der Waals surface area contributed by atoms with Crippen LogP contribution in [0.5, 0.6) is 0 Å². The highest BCUT2D eigenvalue weighted by Gasteiger charge is 2.10. The average molecular weight is 134 g/mol. The SMILES string of the molecule is C=C1C=CC=C(CC)C1C. The van der Waals surface area contributed by atoms with Crippen molar-refractivity contribution in [2.75, 3.05) is 0 Å². The normalized spacial score (nSPS) is 24.8. The lowest BCUT2D eigenvalue weighted by Gasteiger charge is -2.17. The van der Waals surface area contributed by atoms with Crippen LogP contribution < -0.4 is 0 Å². The lowest BCUT2D eigenvalue weighted by molar-refractivity contribution is 0.774. The van der Waals surface area contributed by atoms with Crippen LogP contribution in [0.3, 0.4) is 0 Å². The lowest BCUT2D eigenvalue weighted by atomic mass is 9.88. The van der Waals surface area contributed by atoms with Gasteiger partial charge in [-0.2, -0.15) is 0 Å². The first-order chi connectivity index (χ1) is 4.75. The Kier molecular flexibility index (Phi) is 2.10. The summed E-state index contributed by atoms with van der Waals surface area (Å²) in [4.78, 5) is 0. The molecule has 0 heteroatoms. The van der Waals surface area contributed by atoms with E-state index in [0.29, 0.717) is 5.92 Å². The summed E-state index contributed by atoms with van der Waals surface area (Å²) in [7, 11) is 0. The van der Waals surface area contributed by atoms with E-state index >= 15 is 0 Å². The molecule has 0 aromatic carbocycles. The fourth-order valence-electron chi connectivity index (χ4n) is 1.25. The zero-order valence-corrected chi connectivity index (χ0v) is 6.72. The van der Waals surface area contributed by atoms with E-state index in [1.807, 2.05) is 0 Å². The minimum atomic E-state index is 0.565. The summed E-state index contributed by atoms with van der Waals surface area (Å²) in [6.07, 6.45) is 7.51. The highest BCUT2D eigenvalue weighted by atomic mass is 14.1. The first kappa shape index (κ1) is 7.33. The molecule has 0 saturated carbocycles. The Balaban J connectivity index is 2.81. The summed E-state index contributed by atoms with van der Waals surface area (Å²) in [6, 6.07) is 0. The third kappa shape index (κ3) is 1.21. The molecule has 0 spiro atoms. The largest absolute Gasteiger partial charge is 0.0952 e. The van der Waals surface area contributed by atoms with Crippen LogP contribution >= 0.6 is 0 Å². The second-order valence-electron chi connectivity index (χ2n) is 2.75. The number of hydrogen-bond donors (Lipinski definition) is 0. The Morgan fingerprint density at radius 1 is 1.60 bits per heavy atom. The molecular formula is C10H14. The van der Waals surface area contributed by atoms with Gasteiger partial charge in [-0.1, -0.05) is 44.2 Å². The molecule has 1 atom stereocenters. The van der Waals surface area contributed by atoms with E-state index < -0.39 is 0 Å². The molecule has 0 aromatic heterocycles. The van der Waals surface area contributed by atoms with E-state index in [1.54, 1.807) is 0 Å².